The summed E-state index contributed by atoms with van der Waals surface area (Å²) in [5, 5.41) is 7.48. The Bertz CT molecular complexity index is 1760. The Balaban J connectivity index is 1.23. The van der Waals surface area contributed by atoms with Gasteiger partial charge in [-0.1, -0.05) is 6.08 Å². The Morgan fingerprint density at radius 2 is 1.95 bits per heavy atom. The molecule has 4 aromatic heterocycles. The number of hydrogen-bond acceptors (Lipinski definition) is 9. The standard InChI is InChI=1S/C29H29N9O2/c1-18-13-21(5-7-24(18)40-22-10-12-38-26(15-22)31-17-33-38)34-28-27-23(30-16-32-28)6-8-25(35-27)37-11-9-20(29(37)39)14-19(2)36(3)4/h5-8,10,12-17,19H,9,11H2,1-4H3,(H,30,32,34)/b20-14+. The first kappa shape index (κ1) is 25.4. The predicted octanol–water partition coefficient (Wildman–Crippen LogP) is 4.53. The van der Waals surface area contributed by atoms with Crippen LogP contribution in [0, 0.1) is 6.92 Å². The molecule has 1 aliphatic rings. The highest BCUT2D eigenvalue weighted by atomic mass is 16.5. The van der Waals surface area contributed by atoms with Crippen LogP contribution < -0.4 is 15.0 Å². The van der Waals surface area contributed by atoms with Crippen molar-refractivity contribution in [1.29, 1.82) is 0 Å². The largest absolute Gasteiger partial charge is 0.457 e. The molecule has 6 rings (SSSR count). The van der Waals surface area contributed by atoms with E-state index in [1.54, 1.807) is 9.42 Å². The van der Waals surface area contributed by atoms with Crippen molar-refractivity contribution < 1.29 is 9.53 Å². The number of aryl methyl sites for hydroxylation is 1. The van der Waals surface area contributed by atoms with Crippen molar-refractivity contribution in [2.24, 2.45) is 0 Å². The zero-order valence-corrected chi connectivity index (χ0v) is 22.7. The third-order valence-electron chi connectivity index (χ3n) is 7.04. The van der Waals surface area contributed by atoms with Crippen molar-refractivity contribution >= 4 is 39.9 Å². The van der Waals surface area contributed by atoms with Gasteiger partial charge in [0.05, 0.1) is 5.52 Å². The van der Waals surface area contributed by atoms with Gasteiger partial charge >= 0.3 is 0 Å². The van der Waals surface area contributed by atoms with Gasteiger partial charge < -0.3 is 15.0 Å². The van der Waals surface area contributed by atoms with Crippen LogP contribution in [0.5, 0.6) is 11.5 Å². The van der Waals surface area contributed by atoms with E-state index in [1.807, 2.05) is 75.8 Å². The fourth-order valence-corrected chi connectivity index (χ4v) is 4.56. The topological polar surface area (TPSA) is 114 Å². The summed E-state index contributed by atoms with van der Waals surface area (Å²) in [6.45, 7) is 4.64. The second-order valence-corrected chi connectivity index (χ2v) is 9.99. The van der Waals surface area contributed by atoms with Gasteiger partial charge in [0.25, 0.3) is 5.91 Å². The van der Waals surface area contributed by atoms with Crippen molar-refractivity contribution in [3.8, 4) is 11.5 Å². The van der Waals surface area contributed by atoms with Crippen LogP contribution in [-0.4, -0.2) is 67.0 Å². The molecule has 0 aliphatic carbocycles. The van der Waals surface area contributed by atoms with E-state index in [0.717, 1.165) is 22.6 Å². The zero-order valence-electron chi connectivity index (χ0n) is 22.7. The molecular formula is C29H29N9O2. The van der Waals surface area contributed by atoms with Gasteiger partial charge in [-0.3, -0.25) is 9.69 Å². The average molecular weight is 536 g/mol. The number of pyridine rings is 2. The molecule has 5 heterocycles. The fraction of sp³-hybridized carbons (Fsp3) is 0.241. The monoisotopic (exact) mass is 535 g/mol. The number of amides is 1. The number of nitrogens with zero attached hydrogens (tertiary/aromatic N) is 8. The molecule has 1 N–H and O–H groups in total. The maximum atomic E-state index is 13.2. The first-order chi connectivity index (χ1) is 19.4. The number of aromatic nitrogens is 6. The summed E-state index contributed by atoms with van der Waals surface area (Å²) in [5.41, 5.74) is 4.56. The minimum atomic E-state index is -0.0127. The molecule has 1 saturated heterocycles. The third-order valence-corrected chi connectivity index (χ3v) is 7.04. The van der Waals surface area contributed by atoms with Crippen LogP contribution in [0.1, 0.15) is 18.9 Å². The van der Waals surface area contributed by atoms with Crippen molar-refractivity contribution in [3.05, 3.63) is 78.5 Å². The van der Waals surface area contributed by atoms with Crippen molar-refractivity contribution in [2.45, 2.75) is 26.3 Å². The maximum Gasteiger partial charge on any atom is 0.255 e. The first-order valence-corrected chi connectivity index (χ1v) is 13.0. The van der Waals surface area contributed by atoms with E-state index in [-0.39, 0.29) is 11.9 Å². The molecule has 0 spiro atoms. The zero-order chi connectivity index (χ0) is 27.8. The van der Waals surface area contributed by atoms with Crippen LogP contribution in [0.25, 0.3) is 16.7 Å². The number of rotatable bonds is 7. The quantitative estimate of drug-likeness (QED) is 0.300. The number of carbonyl (C=O) groups excluding carboxylic acids is 1. The molecule has 0 bridgehead atoms. The summed E-state index contributed by atoms with van der Waals surface area (Å²) < 4.78 is 7.78. The highest BCUT2D eigenvalue weighted by Gasteiger charge is 2.29. The summed E-state index contributed by atoms with van der Waals surface area (Å²) in [7, 11) is 4.00. The molecule has 202 valence electrons. The number of ether oxygens (including phenoxy) is 1. The van der Waals surface area contributed by atoms with Gasteiger partial charge in [0, 0.05) is 36.1 Å². The van der Waals surface area contributed by atoms with E-state index in [1.165, 1.54) is 12.7 Å². The molecule has 0 radical (unpaired) electrons. The number of fused-ring (bicyclic) bond motifs is 2. The Morgan fingerprint density at radius 3 is 2.77 bits per heavy atom. The summed E-state index contributed by atoms with van der Waals surface area (Å²) in [6.07, 6.45) is 7.53. The minimum absolute atomic E-state index is 0.0127. The van der Waals surface area contributed by atoms with E-state index in [4.69, 9.17) is 9.72 Å². The first-order valence-electron chi connectivity index (χ1n) is 13.0. The summed E-state index contributed by atoms with van der Waals surface area (Å²) in [5.74, 6) is 2.53. The summed E-state index contributed by atoms with van der Waals surface area (Å²) >= 11 is 0. The second-order valence-electron chi connectivity index (χ2n) is 9.99. The molecule has 11 heteroatoms. The molecule has 11 nitrogen and oxygen atoms in total. The van der Waals surface area contributed by atoms with Gasteiger partial charge in [-0.2, -0.15) is 5.10 Å². The highest BCUT2D eigenvalue weighted by Crippen LogP contribution is 2.31. The van der Waals surface area contributed by atoms with Crippen LogP contribution in [0.2, 0.25) is 0 Å². The SMILES string of the molecule is Cc1cc(Nc2ncnc3ccc(N4CC/C(=C\C(C)N(C)C)C4=O)nc23)ccc1Oc1ccn2ncnc2c1. The van der Waals surface area contributed by atoms with E-state index in [9.17, 15) is 4.79 Å². The van der Waals surface area contributed by atoms with Gasteiger partial charge in [0.1, 0.15) is 35.5 Å². The Morgan fingerprint density at radius 1 is 1.07 bits per heavy atom. The van der Waals surface area contributed by atoms with Gasteiger partial charge in [-0.05, 0) is 76.3 Å². The fourth-order valence-electron chi connectivity index (χ4n) is 4.56. The minimum Gasteiger partial charge on any atom is -0.457 e. The average Bonchev–Trinajstić information content (AvgIpc) is 3.56. The Hall–Kier alpha value is -4.90. The number of hydrogen-bond donors (Lipinski definition) is 1. The molecule has 1 atom stereocenters. The van der Waals surface area contributed by atoms with Crippen LogP contribution in [-0.2, 0) is 4.79 Å². The molecule has 1 aliphatic heterocycles. The van der Waals surface area contributed by atoms with Crippen molar-refractivity contribution in [1.82, 2.24) is 34.4 Å². The molecule has 40 heavy (non-hydrogen) atoms. The van der Waals surface area contributed by atoms with Gasteiger partial charge in [-0.15, -0.1) is 0 Å². The van der Waals surface area contributed by atoms with Gasteiger partial charge in [-0.25, -0.2) is 24.5 Å². The number of nitrogens with one attached hydrogen (secondary N) is 1. The molecule has 5 aromatic rings. The lowest BCUT2D eigenvalue weighted by Gasteiger charge is -2.17. The van der Waals surface area contributed by atoms with Gasteiger partial charge in [0.15, 0.2) is 11.5 Å². The number of benzene rings is 1. The maximum absolute atomic E-state index is 13.2. The summed E-state index contributed by atoms with van der Waals surface area (Å²) in [6, 6.07) is 13.4. The van der Waals surface area contributed by atoms with Crippen LogP contribution in [0.15, 0.2) is 73.0 Å². The number of likely N-dealkylation sites (N-methyl/N-ethyl adjacent to an activating group) is 1. The van der Waals surface area contributed by atoms with E-state index in [2.05, 4.69) is 37.2 Å². The molecule has 0 saturated carbocycles. The van der Waals surface area contributed by atoms with Gasteiger partial charge in [0.2, 0.25) is 0 Å². The van der Waals surface area contributed by atoms with Crippen LogP contribution in [0.3, 0.4) is 0 Å². The lowest BCUT2D eigenvalue weighted by molar-refractivity contribution is -0.114. The lowest BCUT2D eigenvalue weighted by Crippen LogP contribution is -2.27. The predicted molar refractivity (Wildman–Crippen MR) is 153 cm³/mol. The second kappa shape index (κ2) is 10.3. The molecule has 1 aromatic carbocycles. The lowest BCUT2D eigenvalue weighted by atomic mass is 10.1. The highest BCUT2D eigenvalue weighted by molar-refractivity contribution is 6.08. The molecule has 1 fully saturated rings. The number of carbonyl (C=O) groups is 1. The third kappa shape index (κ3) is 4.94. The van der Waals surface area contributed by atoms with Crippen molar-refractivity contribution in [3.63, 3.8) is 0 Å². The van der Waals surface area contributed by atoms with E-state index >= 15 is 0 Å². The van der Waals surface area contributed by atoms with Crippen LogP contribution >= 0.6 is 0 Å². The number of anilines is 3. The molecular weight excluding hydrogens is 506 g/mol. The normalized spacial score (nSPS) is 15.5. The molecule has 1 amide bonds. The van der Waals surface area contributed by atoms with Crippen molar-refractivity contribution in [2.75, 3.05) is 30.9 Å². The van der Waals surface area contributed by atoms with Crippen LogP contribution in [0.4, 0.5) is 17.3 Å². The smallest absolute Gasteiger partial charge is 0.255 e. The Kier molecular flexibility index (Phi) is 6.56. The van der Waals surface area contributed by atoms with E-state index < -0.39 is 0 Å². The van der Waals surface area contributed by atoms with E-state index in [0.29, 0.717) is 47.0 Å². The summed E-state index contributed by atoms with van der Waals surface area (Å²) in [4.78, 5) is 34.8. The Labute approximate surface area is 231 Å². The molecule has 1 unspecified atom stereocenters.